The van der Waals surface area contributed by atoms with Gasteiger partial charge in [-0.2, -0.15) is 0 Å². The second-order valence-corrected chi connectivity index (χ2v) is 7.05. The summed E-state index contributed by atoms with van der Waals surface area (Å²) in [4.78, 5) is 0. The van der Waals surface area contributed by atoms with Crippen LogP contribution in [-0.4, -0.2) is 59.1 Å². The summed E-state index contributed by atoms with van der Waals surface area (Å²) in [6.45, 7) is 5.46. The highest BCUT2D eigenvalue weighted by atomic mass is 16.3. The third kappa shape index (κ3) is 3.53. The van der Waals surface area contributed by atoms with E-state index in [2.05, 4.69) is 6.92 Å². The van der Waals surface area contributed by atoms with Gasteiger partial charge in [-0.3, -0.25) is 0 Å². The minimum absolute atomic E-state index is 0.203. The number of rotatable bonds is 6. The SMILES string of the molecule is CCC(O)C1CC(N)C[N+](CCCO)(C2CCCC2)C1. The molecule has 0 aromatic rings. The van der Waals surface area contributed by atoms with Crippen molar-refractivity contribution in [2.75, 3.05) is 26.2 Å². The van der Waals surface area contributed by atoms with Gasteiger partial charge in [0.1, 0.15) is 0 Å². The first-order valence-electron chi connectivity index (χ1n) is 8.51. The quantitative estimate of drug-likeness (QED) is 0.643. The first-order chi connectivity index (χ1) is 9.61. The molecule has 0 amide bonds. The van der Waals surface area contributed by atoms with Gasteiger partial charge in [-0.15, -0.1) is 0 Å². The van der Waals surface area contributed by atoms with Crippen LogP contribution in [0.5, 0.6) is 0 Å². The summed E-state index contributed by atoms with van der Waals surface area (Å²) >= 11 is 0. The van der Waals surface area contributed by atoms with Gasteiger partial charge in [0.15, 0.2) is 0 Å². The van der Waals surface area contributed by atoms with Gasteiger partial charge in [0, 0.05) is 18.9 Å². The van der Waals surface area contributed by atoms with Crippen LogP contribution in [0, 0.1) is 5.92 Å². The fourth-order valence-corrected chi connectivity index (χ4v) is 4.66. The van der Waals surface area contributed by atoms with Crippen molar-refractivity contribution in [1.82, 2.24) is 0 Å². The summed E-state index contributed by atoms with van der Waals surface area (Å²) in [6, 6.07) is 0.911. The smallest absolute Gasteiger partial charge is 0.0942 e. The highest BCUT2D eigenvalue weighted by Crippen LogP contribution is 2.36. The summed E-state index contributed by atoms with van der Waals surface area (Å²) in [5.41, 5.74) is 6.34. The van der Waals surface area contributed by atoms with Crippen LogP contribution in [0.15, 0.2) is 0 Å². The predicted octanol–water partition coefficient (Wildman–Crippen LogP) is 1.25. The topological polar surface area (TPSA) is 66.5 Å². The average molecular weight is 285 g/mol. The molecule has 0 spiro atoms. The van der Waals surface area contributed by atoms with Crippen molar-refractivity contribution in [3.8, 4) is 0 Å². The van der Waals surface area contributed by atoms with Crippen LogP contribution in [0.25, 0.3) is 0 Å². The predicted molar refractivity (Wildman–Crippen MR) is 81.2 cm³/mol. The van der Waals surface area contributed by atoms with Crippen molar-refractivity contribution in [3.05, 3.63) is 0 Å². The molecule has 118 valence electrons. The number of quaternary nitrogens is 1. The van der Waals surface area contributed by atoms with Crippen molar-refractivity contribution in [2.45, 2.75) is 70.1 Å². The first-order valence-corrected chi connectivity index (χ1v) is 8.51. The number of nitrogens with zero attached hydrogens (tertiary/aromatic N) is 1. The van der Waals surface area contributed by atoms with Gasteiger partial charge in [0.2, 0.25) is 0 Å². The lowest BCUT2D eigenvalue weighted by atomic mass is 9.85. The van der Waals surface area contributed by atoms with Crippen LogP contribution < -0.4 is 5.73 Å². The van der Waals surface area contributed by atoms with Gasteiger partial charge < -0.3 is 20.4 Å². The highest BCUT2D eigenvalue weighted by Gasteiger charge is 2.46. The summed E-state index contributed by atoms with van der Waals surface area (Å²) < 4.78 is 1.06. The maximum absolute atomic E-state index is 10.3. The fourth-order valence-electron chi connectivity index (χ4n) is 4.66. The van der Waals surface area contributed by atoms with Crippen LogP contribution in [0.2, 0.25) is 0 Å². The van der Waals surface area contributed by atoms with Gasteiger partial charge in [0.25, 0.3) is 0 Å². The molecule has 1 aliphatic carbocycles. The second-order valence-electron chi connectivity index (χ2n) is 7.05. The molecule has 2 aliphatic rings. The minimum atomic E-state index is -0.214. The summed E-state index contributed by atoms with van der Waals surface area (Å²) in [6.07, 6.45) is 7.69. The Morgan fingerprint density at radius 2 is 1.95 bits per heavy atom. The largest absolute Gasteiger partial charge is 0.396 e. The molecular formula is C16H33N2O2+. The number of likely N-dealkylation sites (tertiary alicyclic amines) is 1. The molecular weight excluding hydrogens is 252 g/mol. The van der Waals surface area contributed by atoms with Crippen molar-refractivity contribution >= 4 is 0 Å². The van der Waals surface area contributed by atoms with Crippen LogP contribution in [0.3, 0.4) is 0 Å². The Morgan fingerprint density at radius 3 is 2.55 bits per heavy atom. The lowest BCUT2D eigenvalue weighted by Crippen LogP contribution is -2.66. The highest BCUT2D eigenvalue weighted by molar-refractivity contribution is 4.82. The van der Waals surface area contributed by atoms with Gasteiger partial charge >= 0.3 is 0 Å². The van der Waals surface area contributed by atoms with Crippen LogP contribution in [-0.2, 0) is 0 Å². The molecule has 0 aromatic heterocycles. The molecule has 0 radical (unpaired) electrons. The standard InChI is InChI=1S/C16H33N2O2/c1-2-16(20)13-10-14(17)12-18(11-13,8-5-9-19)15-6-3-4-7-15/h13-16,19-20H,2-12,17H2,1H3/q+1. The molecule has 0 aromatic carbocycles. The lowest BCUT2D eigenvalue weighted by molar-refractivity contribution is -0.959. The second kappa shape index (κ2) is 7.21. The Bertz CT molecular complexity index is 294. The molecule has 4 unspecified atom stereocenters. The molecule has 20 heavy (non-hydrogen) atoms. The molecule has 0 bridgehead atoms. The van der Waals surface area contributed by atoms with E-state index < -0.39 is 0 Å². The fraction of sp³-hybridized carbons (Fsp3) is 1.00. The minimum Gasteiger partial charge on any atom is -0.396 e. The number of aliphatic hydroxyl groups is 2. The van der Waals surface area contributed by atoms with E-state index in [1.807, 2.05) is 0 Å². The summed E-state index contributed by atoms with van der Waals surface area (Å²) in [7, 11) is 0. The maximum atomic E-state index is 10.3. The van der Waals surface area contributed by atoms with Gasteiger partial charge in [0.05, 0.1) is 37.8 Å². The van der Waals surface area contributed by atoms with Gasteiger partial charge in [-0.25, -0.2) is 0 Å². The van der Waals surface area contributed by atoms with E-state index >= 15 is 0 Å². The van der Waals surface area contributed by atoms with Crippen molar-refractivity contribution in [3.63, 3.8) is 0 Å². The maximum Gasteiger partial charge on any atom is 0.0942 e. The zero-order valence-corrected chi connectivity index (χ0v) is 13.0. The monoisotopic (exact) mass is 285 g/mol. The number of nitrogens with two attached hydrogens (primary N) is 1. The van der Waals surface area contributed by atoms with Crippen molar-refractivity contribution in [2.24, 2.45) is 11.7 Å². The number of hydrogen-bond acceptors (Lipinski definition) is 3. The number of hydrogen-bond donors (Lipinski definition) is 3. The van der Waals surface area contributed by atoms with Crippen LogP contribution in [0.4, 0.5) is 0 Å². The Balaban J connectivity index is 2.14. The molecule has 2 fully saturated rings. The number of piperidine rings is 1. The third-order valence-electron chi connectivity index (χ3n) is 5.63. The molecule has 1 aliphatic heterocycles. The van der Waals surface area contributed by atoms with Gasteiger partial charge in [-0.05, 0) is 38.5 Å². The number of aliphatic hydroxyl groups excluding tert-OH is 2. The van der Waals surface area contributed by atoms with Crippen molar-refractivity contribution < 1.29 is 14.7 Å². The molecule has 4 atom stereocenters. The molecule has 4 heteroatoms. The Hall–Kier alpha value is -0.160. The molecule has 1 saturated heterocycles. The molecule has 1 saturated carbocycles. The van der Waals surface area contributed by atoms with Gasteiger partial charge in [-0.1, -0.05) is 6.92 Å². The molecule has 2 rings (SSSR count). The Kier molecular flexibility index (Phi) is 5.84. The summed E-state index contributed by atoms with van der Waals surface area (Å²) in [5, 5.41) is 19.5. The molecule has 1 heterocycles. The molecule has 4 N–H and O–H groups in total. The molecule has 4 nitrogen and oxygen atoms in total. The average Bonchev–Trinajstić information content (AvgIpc) is 2.98. The van der Waals surface area contributed by atoms with E-state index in [4.69, 9.17) is 5.73 Å². The van der Waals surface area contributed by atoms with E-state index in [0.29, 0.717) is 12.0 Å². The zero-order valence-electron chi connectivity index (χ0n) is 13.0. The van der Waals surface area contributed by atoms with E-state index in [1.165, 1.54) is 25.7 Å². The van der Waals surface area contributed by atoms with E-state index in [1.54, 1.807) is 0 Å². The van der Waals surface area contributed by atoms with E-state index in [0.717, 1.165) is 43.4 Å². The normalized spacial score (nSPS) is 37.2. The first kappa shape index (κ1) is 16.2. The lowest BCUT2D eigenvalue weighted by Gasteiger charge is -2.51. The zero-order chi connectivity index (χ0) is 14.6. The van der Waals surface area contributed by atoms with Crippen LogP contribution >= 0.6 is 0 Å². The Morgan fingerprint density at radius 1 is 1.25 bits per heavy atom. The Labute approximate surface area is 123 Å². The van der Waals surface area contributed by atoms with E-state index in [-0.39, 0.29) is 18.8 Å². The van der Waals surface area contributed by atoms with Crippen LogP contribution in [0.1, 0.15) is 51.9 Å². The van der Waals surface area contributed by atoms with E-state index in [9.17, 15) is 10.2 Å². The van der Waals surface area contributed by atoms with Crippen molar-refractivity contribution in [1.29, 1.82) is 0 Å². The third-order valence-corrected chi connectivity index (χ3v) is 5.63. The summed E-state index contributed by atoms with van der Waals surface area (Å²) in [5.74, 6) is 0.336.